The molecule has 0 amide bonds. The van der Waals surface area contributed by atoms with Crippen LogP contribution >= 0.6 is 11.6 Å². The van der Waals surface area contributed by atoms with E-state index in [1.807, 2.05) is 0 Å². The normalized spacial score (nSPS) is 13.6. The lowest BCUT2D eigenvalue weighted by Crippen LogP contribution is -2.18. The summed E-state index contributed by atoms with van der Waals surface area (Å²) in [6, 6.07) is 1.27. The number of pyridine rings is 1. The molecule has 0 aliphatic rings. The first kappa shape index (κ1) is 12.9. The zero-order chi connectivity index (χ0) is 13.3. The summed E-state index contributed by atoms with van der Waals surface area (Å²) in [6.07, 6.45) is -1.08. The minimum absolute atomic E-state index is 0.0283. The molecule has 0 aromatic carbocycles. The summed E-state index contributed by atoms with van der Waals surface area (Å²) >= 11 is 5.70. The van der Waals surface area contributed by atoms with Gasteiger partial charge in [-0.15, -0.1) is 0 Å². The molecule has 0 saturated carbocycles. The summed E-state index contributed by atoms with van der Waals surface area (Å²) < 4.78 is 43.2. The van der Waals surface area contributed by atoms with Crippen LogP contribution in [0, 0.1) is 0 Å². The second-order valence-electron chi connectivity index (χ2n) is 3.59. The van der Waals surface area contributed by atoms with Gasteiger partial charge in [0.2, 0.25) is 0 Å². The SMILES string of the molecule is NC(c1cnccc1C(F)(F)F)c1ccoc1Cl. The number of halogens is 4. The first-order valence-corrected chi connectivity index (χ1v) is 5.28. The van der Waals surface area contributed by atoms with Gasteiger partial charge in [0.25, 0.3) is 0 Å². The Morgan fingerprint density at radius 2 is 2.00 bits per heavy atom. The van der Waals surface area contributed by atoms with Crippen molar-refractivity contribution in [2.75, 3.05) is 0 Å². The number of rotatable bonds is 2. The molecule has 2 rings (SSSR count). The van der Waals surface area contributed by atoms with Crippen LogP contribution in [0.5, 0.6) is 0 Å². The number of nitrogens with zero attached hydrogens (tertiary/aromatic N) is 1. The summed E-state index contributed by atoms with van der Waals surface area (Å²) in [5.74, 6) is 0. The predicted octanol–water partition coefficient (Wildman–Crippen LogP) is 3.39. The van der Waals surface area contributed by atoms with Gasteiger partial charge >= 0.3 is 6.18 Å². The molecular weight excluding hydrogens is 269 g/mol. The highest BCUT2D eigenvalue weighted by Crippen LogP contribution is 2.36. The Morgan fingerprint density at radius 3 is 2.56 bits per heavy atom. The monoisotopic (exact) mass is 276 g/mol. The summed E-state index contributed by atoms with van der Waals surface area (Å²) in [4.78, 5) is 3.67. The standard InChI is InChI=1S/C11H8ClF3N2O/c12-10-6(2-4-18-10)9(16)7-5-17-3-1-8(7)11(13,14)15/h1-5,9H,16H2. The van der Waals surface area contributed by atoms with Crippen molar-refractivity contribution < 1.29 is 17.6 Å². The van der Waals surface area contributed by atoms with Gasteiger partial charge in [-0.25, -0.2) is 0 Å². The van der Waals surface area contributed by atoms with E-state index in [1.54, 1.807) is 0 Å². The lowest BCUT2D eigenvalue weighted by Gasteiger charge is -2.16. The smallest absolute Gasteiger partial charge is 0.416 e. The van der Waals surface area contributed by atoms with Gasteiger partial charge in [0.15, 0.2) is 5.22 Å². The Balaban J connectivity index is 2.49. The van der Waals surface area contributed by atoms with E-state index in [0.717, 1.165) is 18.5 Å². The Kier molecular flexibility index (Phi) is 3.32. The Morgan fingerprint density at radius 1 is 1.28 bits per heavy atom. The molecule has 0 aliphatic heterocycles. The van der Waals surface area contributed by atoms with E-state index in [-0.39, 0.29) is 16.3 Å². The van der Waals surface area contributed by atoms with Crippen LogP contribution in [-0.4, -0.2) is 4.98 Å². The molecule has 2 heterocycles. The Bertz CT molecular complexity index is 553. The number of furan rings is 1. The summed E-state index contributed by atoms with van der Waals surface area (Å²) in [5, 5.41) is -0.0283. The molecule has 2 aromatic rings. The maximum atomic E-state index is 12.8. The van der Waals surface area contributed by atoms with Crippen molar-refractivity contribution in [2.24, 2.45) is 5.73 Å². The van der Waals surface area contributed by atoms with E-state index in [4.69, 9.17) is 21.8 Å². The molecule has 0 bridgehead atoms. The third-order valence-corrected chi connectivity index (χ3v) is 2.78. The third kappa shape index (κ3) is 2.34. The molecule has 1 atom stereocenters. The van der Waals surface area contributed by atoms with Crippen LogP contribution in [0.15, 0.2) is 35.2 Å². The lowest BCUT2D eigenvalue weighted by atomic mass is 9.99. The second kappa shape index (κ2) is 4.62. The van der Waals surface area contributed by atoms with Crippen molar-refractivity contribution >= 4 is 11.6 Å². The molecule has 7 heteroatoms. The van der Waals surface area contributed by atoms with Gasteiger partial charge in [0, 0.05) is 23.5 Å². The molecular formula is C11H8ClF3N2O. The molecule has 1 unspecified atom stereocenters. The van der Waals surface area contributed by atoms with Gasteiger partial charge in [-0.3, -0.25) is 4.98 Å². The minimum atomic E-state index is -4.49. The van der Waals surface area contributed by atoms with E-state index in [0.29, 0.717) is 0 Å². The number of alkyl halides is 3. The number of hydrogen-bond donors (Lipinski definition) is 1. The molecule has 2 aromatic heterocycles. The van der Waals surface area contributed by atoms with Gasteiger partial charge in [-0.2, -0.15) is 13.2 Å². The van der Waals surface area contributed by atoms with Gasteiger partial charge in [-0.1, -0.05) is 0 Å². The molecule has 3 nitrogen and oxygen atoms in total. The molecule has 0 spiro atoms. The maximum Gasteiger partial charge on any atom is 0.416 e. The van der Waals surface area contributed by atoms with Crippen LogP contribution < -0.4 is 5.73 Å². The molecule has 0 aliphatic carbocycles. The fourth-order valence-corrected chi connectivity index (χ4v) is 1.84. The van der Waals surface area contributed by atoms with Crippen LogP contribution in [0.1, 0.15) is 22.7 Å². The molecule has 2 N–H and O–H groups in total. The minimum Gasteiger partial charge on any atom is -0.453 e. The topological polar surface area (TPSA) is 52.0 Å². The lowest BCUT2D eigenvalue weighted by molar-refractivity contribution is -0.138. The van der Waals surface area contributed by atoms with E-state index in [9.17, 15) is 13.2 Å². The quantitative estimate of drug-likeness (QED) is 0.915. The second-order valence-corrected chi connectivity index (χ2v) is 3.93. The highest BCUT2D eigenvalue weighted by Gasteiger charge is 2.35. The number of nitrogens with two attached hydrogens (primary N) is 1. The Hall–Kier alpha value is -1.53. The molecule has 0 saturated heterocycles. The van der Waals surface area contributed by atoms with Crippen molar-refractivity contribution in [1.29, 1.82) is 0 Å². The van der Waals surface area contributed by atoms with E-state index in [1.165, 1.54) is 12.3 Å². The zero-order valence-corrected chi connectivity index (χ0v) is 9.66. The first-order chi connectivity index (χ1) is 8.41. The van der Waals surface area contributed by atoms with E-state index in [2.05, 4.69) is 4.98 Å². The largest absolute Gasteiger partial charge is 0.453 e. The maximum absolute atomic E-state index is 12.8. The van der Waals surface area contributed by atoms with Gasteiger partial charge in [-0.05, 0) is 23.7 Å². The Labute approximate surface area is 105 Å². The van der Waals surface area contributed by atoms with Gasteiger partial charge in [0.05, 0.1) is 17.9 Å². The first-order valence-electron chi connectivity index (χ1n) is 4.91. The van der Waals surface area contributed by atoms with Crippen molar-refractivity contribution in [3.05, 3.63) is 52.7 Å². The predicted molar refractivity (Wildman–Crippen MR) is 59.0 cm³/mol. The average Bonchev–Trinajstić information content (AvgIpc) is 2.73. The number of aromatic nitrogens is 1. The fraction of sp³-hybridized carbons (Fsp3) is 0.182. The van der Waals surface area contributed by atoms with Crippen molar-refractivity contribution in [3.63, 3.8) is 0 Å². The number of hydrogen-bond acceptors (Lipinski definition) is 3. The van der Waals surface area contributed by atoms with Crippen LogP contribution in [0.3, 0.4) is 0 Å². The summed E-state index contributed by atoms with van der Waals surface area (Å²) in [5.41, 5.74) is 5.09. The third-order valence-electron chi connectivity index (χ3n) is 2.47. The summed E-state index contributed by atoms with van der Waals surface area (Å²) in [7, 11) is 0. The summed E-state index contributed by atoms with van der Waals surface area (Å²) in [6.45, 7) is 0. The van der Waals surface area contributed by atoms with Gasteiger partial charge < -0.3 is 10.2 Å². The zero-order valence-electron chi connectivity index (χ0n) is 8.91. The molecule has 18 heavy (non-hydrogen) atoms. The van der Waals surface area contributed by atoms with Crippen molar-refractivity contribution in [2.45, 2.75) is 12.2 Å². The van der Waals surface area contributed by atoms with Crippen LogP contribution in [-0.2, 0) is 6.18 Å². The van der Waals surface area contributed by atoms with Crippen molar-refractivity contribution in [3.8, 4) is 0 Å². The molecule has 0 radical (unpaired) electrons. The van der Waals surface area contributed by atoms with Crippen LogP contribution in [0.25, 0.3) is 0 Å². The van der Waals surface area contributed by atoms with Gasteiger partial charge in [0.1, 0.15) is 0 Å². The van der Waals surface area contributed by atoms with Crippen molar-refractivity contribution in [1.82, 2.24) is 4.98 Å². The molecule has 96 valence electrons. The molecule has 0 fully saturated rings. The van der Waals surface area contributed by atoms with E-state index < -0.39 is 17.8 Å². The van der Waals surface area contributed by atoms with E-state index >= 15 is 0 Å². The highest BCUT2D eigenvalue weighted by molar-refractivity contribution is 6.29. The van der Waals surface area contributed by atoms with Crippen LogP contribution in [0.2, 0.25) is 5.22 Å². The average molecular weight is 277 g/mol. The van der Waals surface area contributed by atoms with Crippen LogP contribution in [0.4, 0.5) is 13.2 Å². The fourth-order valence-electron chi connectivity index (χ4n) is 1.61. The highest BCUT2D eigenvalue weighted by atomic mass is 35.5.